The molecule has 1 aliphatic heterocycles. The lowest BCUT2D eigenvalue weighted by Crippen LogP contribution is -2.32. The normalized spacial score (nSPS) is 13.8. The zero-order valence-electron chi connectivity index (χ0n) is 17.0. The van der Waals surface area contributed by atoms with Crippen LogP contribution in [0.25, 0.3) is 16.3 Å². The van der Waals surface area contributed by atoms with Gasteiger partial charge in [0, 0.05) is 23.5 Å². The van der Waals surface area contributed by atoms with Crippen LogP contribution in [0.1, 0.15) is 11.1 Å². The predicted molar refractivity (Wildman–Crippen MR) is 121 cm³/mol. The summed E-state index contributed by atoms with van der Waals surface area (Å²) < 4.78 is 13.5. The molecule has 0 bridgehead atoms. The Balaban J connectivity index is 1.60. The molecule has 0 saturated carbocycles. The molecule has 4 aromatic rings. The maximum Gasteiger partial charge on any atom is 0.278 e. The van der Waals surface area contributed by atoms with Crippen LogP contribution in [0, 0.1) is 5.82 Å². The number of carbonyl (C=O) groups excluding carboxylic acids is 2. The Hall–Kier alpha value is -4.32. The number of anilines is 1. The van der Waals surface area contributed by atoms with E-state index in [4.69, 9.17) is 0 Å². The van der Waals surface area contributed by atoms with Crippen molar-refractivity contribution in [3.8, 4) is 0 Å². The van der Waals surface area contributed by atoms with Crippen molar-refractivity contribution in [1.29, 1.82) is 0 Å². The molecule has 3 aromatic carbocycles. The van der Waals surface area contributed by atoms with E-state index in [1.165, 1.54) is 29.2 Å². The molecule has 6 heteroatoms. The van der Waals surface area contributed by atoms with Gasteiger partial charge in [0.25, 0.3) is 11.8 Å². The molecule has 5 nitrogen and oxygen atoms in total. The van der Waals surface area contributed by atoms with Gasteiger partial charge in [-0.2, -0.15) is 0 Å². The molecular formula is C26H18FN3O2. The topological polar surface area (TPSA) is 62.3 Å². The van der Waals surface area contributed by atoms with Crippen molar-refractivity contribution in [3.63, 3.8) is 0 Å². The molecular weight excluding hydrogens is 405 g/mol. The smallest absolute Gasteiger partial charge is 0.278 e. The van der Waals surface area contributed by atoms with Crippen LogP contribution in [-0.4, -0.2) is 21.7 Å². The van der Waals surface area contributed by atoms with Gasteiger partial charge in [-0.25, -0.2) is 4.39 Å². The molecule has 0 spiro atoms. The Labute approximate surface area is 183 Å². The molecule has 0 aliphatic carbocycles. The maximum absolute atomic E-state index is 13.5. The molecule has 2 amide bonds. The molecule has 0 unspecified atom stereocenters. The van der Waals surface area contributed by atoms with Crippen LogP contribution in [0.4, 0.5) is 10.1 Å². The highest BCUT2D eigenvalue weighted by Crippen LogP contribution is 2.33. The monoisotopic (exact) mass is 423 g/mol. The fourth-order valence-electron chi connectivity index (χ4n) is 3.86. The van der Waals surface area contributed by atoms with E-state index >= 15 is 0 Å². The Bertz CT molecular complexity index is 1360. The fraction of sp³-hybridized carbons (Fsp3) is 0.0385. The van der Waals surface area contributed by atoms with Gasteiger partial charge in [-0.3, -0.25) is 19.5 Å². The van der Waals surface area contributed by atoms with Gasteiger partial charge in [0.05, 0.1) is 12.1 Å². The quantitative estimate of drug-likeness (QED) is 0.470. The van der Waals surface area contributed by atoms with E-state index in [1.54, 1.807) is 24.5 Å². The number of imide groups is 1. The lowest BCUT2D eigenvalue weighted by Gasteiger charge is -2.15. The van der Waals surface area contributed by atoms with Crippen molar-refractivity contribution in [2.24, 2.45) is 0 Å². The van der Waals surface area contributed by atoms with Gasteiger partial charge in [0.15, 0.2) is 0 Å². The molecule has 2 heterocycles. The highest BCUT2D eigenvalue weighted by molar-refractivity contribution is 6.36. The summed E-state index contributed by atoms with van der Waals surface area (Å²) in [5, 5.41) is 5.14. The Morgan fingerprint density at radius 1 is 0.812 bits per heavy atom. The van der Waals surface area contributed by atoms with Crippen molar-refractivity contribution in [1.82, 2.24) is 9.88 Å². The standard InChI is InChI=1S/C26H18FN3O2/c27-20-10-8-19(9-11-20)23-24(29-22-7-3-5-18-4-1-2-6-21(18)22)26(32)30(25(23)31)16-17-12-14-28-15-13-17/h1-15,29H,16H2. The van der Waals surface area contributed by atoms with Gasteiger partial charge >= 0.3 is 0 Å². The lowest BCUT2D eigenvalue weighted by molar-refractivity contribution is -0.137. The number of hydrogen-bond acceptors (Lipinski definition) is 4. The SMILES string of the molecule is O=C1C(Nc2cccc3ccccc23)=C(c2ccc(F)cc2)C(=O)N1Cc1ccncc1. The zero-order valence-corrected chi connectivity index (χ0v) is 17.0. The Morgan fingerprint density at radius 3 is 2.31 bits per heavy atom. The van der Waals surface area contributed by atoms with Crippen LogP contribution in [0.2, 0.25) is 0 Å². The number of hydrogen-bond donors (Lipinski definition) is 1. The number of aromatic nitrogens is 1. The van der Waals surface area contributed by atoms with E-state index in [-0.39, 0.29) is 17.8 Å². The second-order valence-electron chi connectivity index (χ2n) is 7.46. The number of nitrogens with zero attached hydrogens (tertiary/aromatic N) is 2. The maximum atomic E-state index is 13.5. The van der Waals surface area contributed by atoms with Crippen molar-refractivity contribution in [2.45, 2.75) is 6.54 Å². The van der Waals surface area contributed by atoms with Crippen molar-refractivity contribution in [3.05, 3.63) is 114 Å². The molecule has 1 N–H and O–H groups in total. The van der Waals surface area contributed by atoms with E-state index < -0.39 is 17.6 Å². The average molecular weight is 423 g/mol. The van der Waals surface area contributed by atoms with E-state index in [9.17, 15) is 14.0 Å². The first-order valence-corrected chi connectivity index (χ1v) is 10.1. The number of halogens is 1. The van der Waals surface area contributed by atoms with Crippen molar-refractivity contribution in [2.75, 3.05) is 5.32 Å². The highest BCUT2D eigenvalue weighted by Gasteiger charge is 2.39. The highest BCUT2D eigenvalue weighted by atomic mass is 19.1. The zero-order chi connectivity index (χ0) is 22.1. The van der Waals surface area contributed by atoms with Gasteiger partial charge in [0.2, 0.25) is 0 Å². The number of pyridine rings is 1. The molecule has 1 aromatic heterocycles. The van der Waals surface area contributed by atoms with E-state index in [2.05, 4.69) is 10.3 Å². The summed E-state index contributed by atoms with van der Waals surface area (Å²) in [5.41, 5.74) is 2.37. The van der Waals surface area contributed by atoms with E-state index in [0.717, 1.165) is 16.3 Å². The number of nitrogens with one attached hydrogen (secondary N) is 1. The van der Waals surface area contributed by atoms with Crippen molar-refractivity contribution >= 4 is 33.8 Å². The summed E-state index contributed by atoms with van der Waals surface area (Å²) in [7, 11) is 0. The van der Waals surface area contributed by atoms with Gasteiger partial charge in [-0.1, -0.05) is 48.5 Å². The van der Waals surface area contributed by atoms with Gasteiger partial charge in [0.1, 0.15) is 11.5 Å². The summed E-state index contributed by atoms with van der Waals surface area (Å²) >= 11 is 0. The van der Waals surface area contributed by atoms with Crippen LogP contribution in [0.15, 0.2) is 97.0 Å². The van der Waals surface area contributed by atoms with Crippen LogP contribution >= 0.6 is 0 Å². The lowest BCUT2D eigenvalue weighted by atomic mass is 10.0. The molecule has 0 radical (unpaired) electrons. The first kappa shape index (κ1) is 19.6. The molecule has 5 rings (SSSR count). The number of carbonyl (C=O) groups is 2. The molecule has 32 heavy (non-hydrogen) atoms. The first-order valence-electron chi connectivity index (χ1n) is 10.1. The molecule has 1 aliphatic rings. The first-order chi connectivity index (χ1) is 15.6. The van der Waals surface area contributed by atoms with Gasteiger partial charge in [-0.05, 0) is 46.8 Å². The van der Waals surface area contributed by atoms with Crippen LogP contribution in [0.5, 0.6) is 0 Å². The number of rotatable bonds is 5. The number of benzene rings is 3. The predicted octanol–water partition coefficient (Wildman–Crippen LogP) is 4.77. The summed E-state index contributed by atoms with van der Waals surface area (Å²) in [6.45, 7) is 0.117. The fourth-order valence-corrected chi connectivity index (χ4v) is 3.86. The second kappa shape index (κ2) is 8.07. The summed E-state index contributed by atoms with van der Waals surface area (Å²) in [6.07, 6.45) is 3.23. The van der Waals surface area contributed by atoms with Crippen LogP contribution in [-0.2, 0) is 16.1 Å². The number of fused-ring (bicyclic) bond motifs is 1. The minimum absolute atomic E-state index is 0.117. The summed E-state index contributed by atoms with van der Waals surface area (Å²) in [6, 6.07) is 22.6. The third-order valence-electron chi connectivity index (χ3n) is 5.44. The van der Waals surface area contributed by atoms with Crippen LogP contribution in [0.3, 0.4) is 0 Å². The minimum Gasteiger partial charge on any atom is -0.350 e. The van der Waals surface area contributed by atoms with E-state index in [0.29, 0.717) is 11.3 Å². The Kier molecular flexibility index (Phi) is 4.95. The molecule has 0 saturated heterocycles. The number of amides is 2. The third-order valence-corrected chi connectivity index (χ3v) is 5.44. The van der Waals surface area contributed by atoms with Gasteiger partial charge in [-0.15, -0.1) is 0 Å². The van der Waals surface area contributed by atoms with Gasteiger partial charge < -0.3 is 5.32 Å². The average Bonchev–Trinajstić information content (AvgIpc) is 3.05. The largest absolute Gasteiger partial charge is 0.350 e. The second-order valence-corrected chi connectivity index (χ2v) is 7.46. The van der Waals surface area contributed by atoms with Crippen LogP contribution < -0.4 is 5.32 Å². The third kappa shape index (κ3) is 3.52. The minimum atomic E-state index is -0.431. The molecule has 156 valence electrons. The summed E-state index contributed by atoms with van der Waals surface area (Å²) in [4.78, 5) is 32.0. The molecule has 0 atom stereocenters. The van der Waals surface area contributed by atoms with E-state index in [1.807, 2.05) is 42.5 Å². The Morgan fingerprint density at radius 2 is 1.53 bits per heavy atom. The van der Waals surface area contributed by atoms with Crippen molar-refractivity contribution < 1.29 is 14.0 Å². The summed E-state index contributed by atoms with van der Waals surface area (Å²) in [5.74, 6) is -1.27. The molecule has 0 fully saturated rings.